The first kappa shape index (κ1) is 12.3. The first-order chi connectivity index (χ1) is 9.15. The predicted octanol–water partition coefficient (Wildman–Crippen LogP) is -0.966. The summed E-state index contributed by atoms with van der Waals surface area (Å²) in [5.74, 6) is 0.497. The molecule has 0 unspecified atom stereocenters. The fourth-order valence-electron chi connectivity index (χ4n) is 2.46. The number of morpholine rings is 1. The Bertz CT molecular complexity index is 637. The summed E-state index contributed by atoms with van der Waals surface area (Å²) in [5.41, 5.74) is 0.785. The molecule has 3 heterocycles. The monoisotopic (exact) mass is 264 g/mol. The lowest BCUT2D eigenvalue weighted by molar-refractivity contribution is 0.0452. The van der Waals surface area contributed by atoms with Crippen LogP contribution in [0.15, 0.2) is 14.6 Å². The Balaban J connectivity index is 1.84. The molecule has 1 aromatic rings. The first-order valence-electron chi connectivity index (χ1n) is 6.34. The van der Waals surface area contributed by atoms with Crippen molar-refractivity contribution < 1.29 is 4.74 Å². The van der Waals surface area contributed by atoms with E-state index >= 15 is 0 Å². The summed E-state index contributed by atoms with van der Waals surface area (Å²) in [4.78, 5) is 32.3. The summed E-state index contributed by atoms with van der Waals surface area (Å²) in [7, 11) is 1.62. The van der Waals surface area contributed by atoms with Crippen LogP contribution in [0.5, 0.6) is 0 Å². The Hall–Kier alpha value is -1.73. The maximum atomic E-state index is 11.7. The minimum atomic E-state index is -0.417. The zero-order chi connectivity index (χ0) is 13.4. The number of aromatic nitrogens is 2. The van der Waals surface area contributed by atoms with E-state index in [1.165, 1.54) is 4.57 Å². The van der Waals surface area contributed by atoms with Gasteiger partial charge in [-0.15, -0.1) is 0 Å². The Morgan fingerprint density at radius 2 is 2.05 bits per heavy atom. The number of H-pyrrole nitrogens is 1. The molecule has 7 nitrogen and oxygen atoms in total. The van der Waals surface area contributed by atoms with Gasteiger partial charge in [0, 0.05) is 38.8 Å². The van der Waals surface area contributed by atoms with E-state index in [2.05, 4.69) is 14.9 Å². The average molecular weight is 264 g/mol. The standard InChI is InChI=1S/C12H16N4O3/c1-15-10-9(11(17)14-12(15)18)6-8(13-10)7-16-2-4-19-5-3-16/h2-7H2,1H3,(H,14,17,18). The van der Waals surface area contributed by atoms with Crippen LogP contribution >= 0.6 is 0 Å². The molecule has 102 valence electrons. The zero-order valence-electron chi connectivity index (χ0n) is 10.8. The summed E-state index contributed by atoms with van der Waals surface area (Å²) in [5, 5.41) is 0. The lowest BCUT2D eigenvalue weighted by Crippen LogP contribution is -2.39. The quantitative estimate of drug-likeness (QED) is 0.745. The highest BCUT2D eigenvalue weighted by molar-refractivity contribution is 5.94. The van der Waals surface area contributed by atoms with Gasteiger partial charge in [-0.25, -0.2) is 9.79 Å². The molecule has 0 spiro atoms. The number of ether oxygens (including phenoxy) is 1. The van der Waals surface area contributed by atoms with Crippen LogP contribution in [0.2, 0.25) is 0 Å². The molecule has 1 fully saturated rings. The fourth-order valence-corrected chi connectivity index (χ4v) is 2.46. The summed E-state index contributed by atoms with van der Waals surface area (Å²) >= 11 is 0. The van der Waals surface area contributed by atoms with Crippen LogP contribution in [0.1, 0.15) is 5.56 Å². The molecule has 0 aromatic carbocycles. The van der Waals surface area contributed by atoms with Crippen molar-refractivity contribution in [1.29, 1.82) is 0 Å². The van der Waals surface area contributed by atoms with Gasteiger partial charge in [0.1, 0.15) is 5.82 Å². The minimum absolute atomic E-state index is 0.321. The van der Waals surface area contributed by atoms with Crippen molar-refractivity contribution in [1.82, 2.24) is 14.5 Å². The summed E-state index contributed by atoms with van der Waals surface area (Å²) in [6.45, 7) is 3.96. The third-order valence-corrected chi connectivity index (χ3v) is 3.54. The summed E-state index contributed by atoms with van der Waals surface area (Å²) < 4.78 is 6.69. The largest absolute Gasteiger partial charge is 0.379 e. The third kappa shape index (κ3) is 2.26. The van der Waals surface area contributed by atoms with Crippen LogP contribution in [0.25, 0.3) is 0 Å². The van der Waals surface area contributed by atoms with Gasteiger partial charge in [0.15, 0.2) is 0 Å². The third-order valence-electron chi connectivity index (χ3n) is 3.54. The van der Waals surface area contributed by atoms with Crippen molar-refractivity contribution in [2.45, 2.75) is 6.42 Å². The molecule has 0 amide bonds. The van der Waals surface area contributed by atoms with Crippen LogP contribution in [0, 0.1) is 0 Å². The van der Waals surface area contributed by atoms with Gasteiger partial charge in [0.25, 0.3) is 5.56 Å². The molecule has 3 rings (SSSR count). The van der Waals surface area contributed by atoms with Crippen molar-refractivity contribution in [2.75, 3.05) is 32.8 Å². The molecule has 1 saturated heterocycles. The van der Waals surface area contributed by atoms with Gasteiger partial charge in [0.05, 0.1) is 18.8 Å². The second-order valence-corrected chi connectivity index (χ2v) is 4.86. The fraction of sp³-hybridized carbons (Fsp3) is 0.583. The summed E-state index contributed by atoms with van der Waals surface area (Å²) in [6.07, 6.45) is 0.524. The average Bonchev–Trinajstić information content (AvgIpc) is 2.82. The number of aromatic amines is 1. The molecule has 0 atom stereocenters. The van der Waals surface area contributed by atoms with E-state index < -0.39 is 5.69 Å². The van der Waals surface area contributed by atoms with Gasteiger partial charge in [-0.05, 0) is 0 Å². The Morgan fingerprint density at radius 3 is 2.79 bits per heavy atom. The molecule has 0 radical (unpaired) electrons. The number of nitrogens with zero attached hydrogens (tertiary/aromatic N) is 3. The number of rotatable bonds is 2. The molecular formula is C12H16N4O3. The van der Waals surface area contributed by atoms with Gasteiger partial charge in [-0.1, -0.05) is 0 Å². The number of hydrogen-bond acceptors (Lipinski definition) is 5. The molecule has 1 aromatic heterocycles. The van der Waals surface area contributed by atoms with Gasteiger partial charge < -0.3 is 4.74 Å². The smallest absolute Gasteiger partial charge is 0.329 e. The molecular weight excluding hydrogens is 248 g/mol. The van der Waals surface area contributed by atoms with Crippen molar-refractivity contribution in [3.63, 3.8) is 0 Å². The maximum Gasteiger partial charge on any atom is 0.329 e. The van der Waals surface area contributed by atoms with Crippen molar-refractivity contribution >= 4 is 11.5 Å². The Labute approximate surface area is 109 Å². The molecule has 2 aliphatic heterocycles. The van der Waals surface area contributed by atoms with E-state index in [0.29, 0.717) is 17.8 Å². The maximum absolute atomic E-state index is 11.7. The lowest BCUT2D eigenvalue weighted by Gasteiger charge is -2.26. The van der Waals surface area contributed by atoms with E-state index in [9.17, 15) is 9.59 Å². The van der Waals surface area contributed by atoms with Crippen molar-refractivity contribution in [3.8, 4) is 0 Å². The van der Waals surface area contributed by atoms with E-state index in [0.717, 1.165) is 38.6 Å². The zero-order valence-corrected chi connectivity index (χ0v) is 10.8. The molecule has 0 bridgehead atoms. The Kier molecular flexibility index (Phi) is 3.08. The first-order valence-corrected chi connectivity index (χ1v) is 6.34. The number of nitrogens with one attached hydrogen (secondary N) is 1. The van der Waals surface area contributed by atoms with Crippen molar-refractivity contribution in [3.05, 3.63) is 26.4 Å². The predicted molar refractivity (Wildman–Crippen MR) is 70.4 cm³/mol. The molecule has 2 aliphatic rings. The van der Waals surface area contributed by atoms with Crippen LogP contribution < -0.4 is 11.2 Å². The minimum Gasteiger partial charge on any atom is -0.379 e. The topological polar surface area (TPSA) is 79.7 Å². The molecule has 1 N–H and O–H groups in total. The molecule has 19 heavy (non-hydrogen) atoms. The van der Waals surface area contributed by atoms with Gasteiger partial charge >= 0.3 is 5.69 Å². The number of hydrogen-bond donors (Lipinski definition) is 1. The van der Waals surface area contributed by atoms with Crippen molar-refractivity contribution in [2.24, 2.45) is 12.0 Å². The van der Waals surface area contributed by atoms with Crippen LogP contribution in [0.3, 0.4) is 0 Å². The van der Waals surface area contributed by atoms with E-state index in [1.807, 2.05) is 0 Å². The Morgan fingerprint density at radius 1 is 1.32 bits per heavy atom. The van der Waals surface area contributed by atoms with Gasteiger partial charge in [-0.2, -0.15) is 0 Å². The van der Waals surface area contributed by atoms with E-state index in [-0.39, 0.29) is 5.56 Å². The number of fused-ring (bicyclic) bond motifs is 1. The van der Waals surface area contributed by atoms with E-state index in [1.54, 1.807) is 7.05 Å². The second-order valence-electron chi connectivity index (χ2n) is 4.86. The highest BCUT2D eigenvalue weighted by Crippen LogP contribution is 2.21. The molecule has 0 saturated carbocycles. The summed E-state index contributed by atoms with van der Waals surface area (Å²) in [6, 6.07) is 0. The highest BCUT2D eigenvalue weighted by atomic mass is 16.5. The van der Waals surface area contributed by atoms with Gasteiger partial charge in [-0.3, -0.25) is 19.2 Å². The second kappa shape index (κ2) is 4.75. The van der Waals surface area contributed by atoms with Crippen LogP contribution in [-0.4, -0.2) is 53.0 Å². The van der Waals surface area contributed by atoms with Gasteiger partial charge in [0.2, 0.25) is 0 Å². The van der Waals surface area contributed by atoms with Crippen LogP contribution in [0.4, 0.5) is 5.82 Å². The SMILES string of the molecule is Cn1c2c(c(=O)[nH]c1=O)CC(CN1CCOCC1)=N2. The molecule has 0 aliphatic carbocycles. The molecule has 7 heteroatoms. The van der Waals surface area contributed by atoms with Crippen LogP contribution in [-0.2, 0) is 18.2 Å². The number of aliphatic imine (C=N–C) groups is 1. The normalized spacial score (nSPS) is 19.3. The van der Waals surface area contributed by atoms with E-state index in [4.69, 9.17) is 4.74 Å². The highest BCUT2D eigenvalue weighted by Gasteiger charge is 2.23. The lowest BCUT2D eigenvalue weighted by atomic mass is 10.2.